The number of esters is 1. The molecule has 0 bridgehead atoms. The molecule has 12 heteroatoms. The minimum absolute atomic E-state index is 0.0489. The molecule has 0 spiro atoms. The van der Waals surface area contributed by atoms with Crippen LogP contribution in [-0.2, 0) is 9.47 Å². The van der Waals surface area contributed by atoms with Gasteiger partial charge in [0, 0.05) is 18.6 Å². The van der Waals surface area contributed by atoms with Crippen LogP contribution in [-0.4, -0.2) is 62.1 Å². The van der Waals surface area contributed by atoms with Crippen molar-refractivity contribution in [3.8, 4) is 0 Å². The van der Waals surface area contributed by atoms with Crippen molar-refractivity contribution in [1.29, 1.82) is 0 Å². The summed E-state index contributed by atoms with van der Waals surface area (Å²) in [5, 5.41) is 3.87. The number of alkyl halides is 5. The first-order valence-corrected chi connectivity index (χ1v) is 10.5. The Morgan fingerprint density at radius 2 is 2.00 bits per heavy atom. The van der Waals surface area contributed by atoms with E-state index in [1.807, 2.05) is 0 Å². The number of carbonyl (C=O) groups is 1. The number of carbonyl (C=O) groups excluding carboxylic acids is 1. The van der Waals surface area contributed by atoms with E-state index < -0.39 is 24.7 Å². The molecule has 1 saturated heterocycles. The summed E-state index contributed by atoms with van der Waals surface area (Å²) in [6.45, 7) is -2.69. The lowest BCUT2D eigenvalue weighted by molar-refractivity contribution is -0.182. The van der Waals surface area contributed by atoms with Gasteiger partial charge >= 0.3 is 18.8 Å². The van der Waals surface area contributed by atoms with Gasteiger partial charge in [0.05, 0.1) is 31.9 Å². The van der Waals surface area contributed by atoms with Crippen LogP contribution in [0.25, 0.3) is 0 Å². The van der Waals surface area contributed by atoms with Gasteiger partial charge in [-0.2, -0.15) is 22.0 Å². The molecule has 3 rings (SSSR count). The molecule has 1 aromatic heterocycles. The third-order valence-electron chi connectivity index (χ3n) is 5.62. The van der Waals surface area contributed by atoms with Gasteiger partial charge in [-0.15, -0.1) is 0 Å². The van der Waals surface area contributed by atoms with E-state index in [-0.39, 0.29) is 37.6 Å². The number of methoxy groups -OCH3 is 1. The largest absolute Gasteiger partial charge is 0.465 e. The Morgan fingerprint density at radius 1 is 1.30 bits per heavy atom. The maximum Gasteiger partial charge on any atom is 0.391 e. The number of ether oxygens (including phenoxy) is 2. The molecule has 0 amide bonds. The van der Waals surface area contributed by atoms with Crippen LogP contribution in [0.1, 0.15) is 41.8 Å². The van der Waals surface area contributed by atoms with Gasteiger partial charge in [0.2, 0.25) is 0 Å². The van der Waals surface area contributed by atoms with E-state index in [1.165, 1.54) is 13.3 Å². The van der Waals surface area contributed by atoms with E-state index in [1.54, 1.807) is 4.90 Å². The Morgan fingerprint density at radius 3 is 2.60 bits per heavy atom. The molecular weight excluding hydrogens is 433 g/mol. The average molecular weight is 457 g/mol. The second kappa shape index (κ2) is 9.73. The number of halogens is 5. The predicted octanol–water partition coefficient (Wildman–Crippen LogP) is 3.83. The molecule has 1 saturated carbocycles. The van der Waals surface area contributed by atoms with Crippen LogP contribution in [0.15, 0.2) is 6.20 Å². The summed E-state index contributed by atoms with van der Waals surface area (Å²) in [6.07, 6.45) is -1.29. The molecular formula is C18H24F5N3O3S. The van der Waals surface area contributed by atoms with Gasteiger partial charge in [0.25, 0.3) is 0 Å². The third kappa shape index (κ3) is 5.79. The highest BCUT2D eigenvalue weighted by molar-refractivity contribution is 7.17. The highest BCUT2D eigenvalue weighted by Gasteiger charge is 2.42. The van der Waals surface area contributed by atoms with Gasteiger partial charge in [0.1, 0.15) is 4.88 Å². The summed E-state index contributed by atoms with van der Waals surface area (Å²) >= 11 is 1.10. The van der Waals surface area contributed by atoms with Gasteiger partial charge < -0.3 is 19.7 Å². The van der Waals surface area contributed by atoms with E-state index >= 15 is 0 Å². The minimum atomic E-state index is -4.16. The topological polar surface area (TPSA) is 63.7 Å². The van der Waals surface area contributed by atoms with Crippen molar-refractivity contribution >= 4 is 22.4 Å². The summed E-state index contributed by atoms with van der Waals surface area (Å²) in [5.74, 6) is -1.79. The van der Waals surface area contributed by atoms with E-state index in [0.29, 0.717) is 35.8 Å². The molecule has 0 unspecified atom stereocenters. The van der Waals surface area contributed by atoms with E-state index in [9.17, 15) is 26.7 Å². The Labute approximate surface area is 174 Å². The molecule has 1 N–H and O–H groups in total. The van der Waals surface area contributed by atoms with Crippen molar-refractivity contribution in [3.63, 3.8) is 0 Å². The number of aromatic nitrogens is 1. The van der Waals surface area contributed by atoms with Crippen LogP contribution < -0.4 is 10.2 Å². The number of hydrogen-bond acceptors (Lipinski definition) is 7. The molecule has 30 heavy (non-hydrogen) atoms. The molecule has 2 atom stereocenters. The zero-order valence-corrected chi connectivity index (χ0v) is 17.1. The SMILES string of the molecule is COC(=O)c1cnc(N2C[C@@H](NC3CCC(C(F)(F)F)CC3)C[C@H]2COC(F)F)s1. The highest BCUT2D eigenvalue weighted by atomic mass is 32.1. The van der Waals surface area contributed by atoms with Crippen molar-refractivity contribution in [1.82, 2.24) is 10.3 Å². The fraction of sp³-hybridized carbons (Fsp3) is 0.778. The van der Waals surface area contributed by atoms with Gasteiger partial charge in [-0.25, -0.2) is 9.78 Å². The average Bonchev–Trinajstić information content (AvgIpc) is 3.32. The van der Waals surface area contributed by atoms with Crippen molar-refractivity contribution in [2.24, 2.45) is 5.92 Å². The number of hydrogen-bond donors (Lipinski definition) is 1. The van der Waals surface area contributed by atoms with Crippen LogP contribution in [0, 0.1) is 5.92 Å². The second-order valence-corrected chi connectivity index (χ2v) is 8.60. The minimum Gasteiger partial charge on any atom is -0.465 e. The monoisotopic (exact) mass is 457 g/mol. The van der Waals surface area contributed by atoms with E-state index in [4.69, 9.17) is 0 Å². The maximum atomic E-state index is 12.9. The molecule has 1 aliphatic heterocycles. The molecule has 0 aromatic carbocycles. The summed E-state index contributed by atoms with van der Waals surface area (Å²) in [5.41, 5.74) is 0. The molecule has 2 fully saturated rings. The Balaban J connectivity index is 1.62. The standard InChI is InChI=1S/C18H24F5N3O3S/c1-28-15(27)14-7-24-17(30-14)26-8-12(6-13(26)9-29-16(19)20)25-11-4-2-10(3-5-11)18(21,22)23/h7,10-13,16,25H,2-6,8-9H2,1H3/t10?,11?,12-,13-/m0/s1. The second-order valence-electron chi connectivity index (χ2n) is 7.59. The molecule has 1 aliphatic carbocycles. The Bertz CT molecular complexity index is 709. The first kappa shape index (κ1) is 23.1. The lowest BCUT2D eigenvalue weighted by Crippen LogP contribution is -2.43. The number of rotatable bonds is 7. The van der Waals surface area contributed by atoms with Crippen LogP contribution in [0.3, 0.4) is 0 Å². The highest BCUT2D eigenvalue weighted by Crippen LogP contribution is 2.38. The Hall–Kier alpha value is -1.53. The fourth-order valence-corrected chi connectivity index (χ4v) is 5.04. The normalized spacial score (nSPS) is 27.6. The molecule has 2 heterocycles. The molecule has 170 valence electrons. The van der Waals surface area contributed by atoms with Crippen LogP contribution in [0.5, 0.6) is 0 Å². The zero-order valence-electron chi connectivity index (χ0n) is 16.3. The number of nitrogens with zero attached hydrogens (tertiary/aromatic N) is 2. The van der Waals surface area contributed by atoms with Crippen LogP contribution in [0.2, 0.25) is 0 Å². The van der Waals surface area contributed by atoms with Crippen LogP contribution >= 0.6 is 11.3 Å². The fourth-order valence-electron chi connectivity index (χ4n) is 4.13. The van der Waals surface area contributed by atoms with E-state index in [2.05, 4.69) is 19.8 Å². The Kier molecular flexibility index (Phi) is 7.51. The van der Waals surface area contributed by atoms with Crippen molar-refractivity contribution in [2.75, 3.05) is 25.2 Å². The number of nitrogens with one attached hydrogen (secondary N) is 1. The lowest BCUT2D eigenvalue weighted by atomic mass is 9.85. The maximum absolute atomic E-state index is 12.9. The molecule has 0 radical (unpaired) electrons. The molecule has 2 aliphatic rings. The van der Waals surface area contributed by atoms with Gasteiger partial charge in [-0.1, -0.05) is 11.3 Å². The van der Waals surface area contributed by atoms with Gasteiger partial charge in [0.15, 0.2) is 5.13 Å². The summed E-state index contributed by atoms with van der Waals surface area (Å²) in [7, 11) is 1.25. The molecule has 6 nitrogen and oxygen atoms in total. The summed E-state index contributed by atoms with van der Waals surface area (Å²) < 4.78 is 72.8. The lowest BCUT2D eigenvalue weighted by Gasteiger charge is -2.32. The van der Waals surface area contributed by atoms with Crippen molar-refractivity contribution in [2.45, 2.75) is 63.0 Å². The summed E-state index contributed by atoms with van der Waals surface area (Å²) in [4.78, 5) is 18.0. The summed E-state index contributed by atoms with van der Waals surface area (Å²) in [6, 6.07) is -0.541. The van der Waals surface area contributed by atoms with Crippen LogP contribution in [0.4, 0.5) is 27.1 Å². The van der Waals surface area contributed by atoms with Gasteiger partial charge in [-0.3, -0.25) is 0 Å². The van der Waals surface area contributed by atoms with Gasteiger partial charge in [-0.05, 0) is 32.1 Å². The predicted molar refractivity (Wildman–Crippen MR) is 99.9 cm³/mol. The third-order valence-corrected chi connectivity index (χ3v) is 6.63. The first-order valence-electron chi connectivity index (χ1n) is 9.70. The van der Waals surface area contributed by atoms with Crippen molar-refractivity contribution < 1.29 is 36.2 Å². The molecule has 1 aromatic rings. The first-order chi connectivity index (χ1) is 14.2. The quantitative estimate of drug-likeness (QED) is 0.496. The number of anilines is 1. The van der Waals surface area contributed by atoms with E-state index in [0.717, 1.165) is 11.3 Å². The number of thiazole rings is 1. The zero-order chi connectivity index (χ0) is 21.9. The van der Waals surface area contributed by atoms with Crippen molar-refractivity contribution in [3.05, 3.63) is 11.1 Å². The smallest absolute Gasteiger partial charge is 0.391 e.